The van der Waals surface area contributed by atoms with Crippen LogP contribution in [0.5, 0.6) is 0 Å². The number of amides is 2. The lowest BCUT2D eigenvalue weighted by Gasteiger charge is -2.14. The summed E-state index contributed by atoms with van der Waals surface area (Å²) in [5, 5.41) is 23.3. The van der Waals surface area contributed by atoms with Crippen LogP contribution in [0.1, 0.15) is 0 Å². The average Bonchev–Trinajstić information content (AvgIpc) is 2.40. The fourth-order valence-corrected chi connectivity index (χ4v) is 1.38. The van der Waals surface area contributed by atoms with Gasteiger partial charge in [0.15, 0.2) is 11.9 Å². The number of urea groups is 1. The highest BCUT2D eigenvalue weighted by Gasteiger charge is 2.20. The van der Waals surface area contributed by atoms with Gasteiger partial charge >= 0.3 is 12.0 Å². The van der Waals surface area contributed by atoms with E-state index in [1.807, 2.05) is 0 Å². The van der Waals surface area contributed by atoms with E-state index in [2.05, 4.69) is 15.4 Å². The van der Waals surface area contributed by atoms with Gasteiger partial charge in [-0.25, -0.2) is 14.0 Å². The molecular formula is C11H12FN3O6. The fraction of sp³-hybridized carbons (Fsp3) is 0.273. The highest BCUT2D eigenvalue weighted by molar-refractivity contribution is 5.92. The van der Waals surface area contributed by atoms with Crippen molar-refractivity contribution in [2.45, 2.75) is 6.04 Å². The maximum atomic E-state index is 13.5. The Balaban J connectivity index is 2.74. The van der Waals surface area contributed by atoms with Crippen molar-refractivity contribution >= 4 is 23.4 Å². The lowest BCUT2D eigenvalue weighted by molar-refractivity contribution is -0.385. The number of hydrogen-bond donors (Lipinski definition) is 3. The summed E-state index contributed by atoms with van der Waals surface area (Å²) < 4.78 is 18.1. The molecule has 1 aromatic rings. The van der Waals surface area contributed by atoms with Gasteiger partial charge in [-0.15, -0.1) is 0 Å². The minimum atomic E-state index is -1.32. The summed E-state index contributed by atoms with van der Waals surface area (Å²) in [7, 11) is 1.26. The summed E-state index contributed by atoms with van der Waals surface area (Å²) in [5.74, 6) is -2.34. The number of nitro groups is 1. The van der Waals surface area contributed by atoms with Crippen molar-refractivity contribution < 1.29 is 28.7 Å². The van der Waals surface area contributed by atoms with Gasteiger partial charge in [0.2, 0.25) is 0 Å². The molecule has 0 heterocycles. The molecule has 0 aliphatic rings. The van der Waals surface area contributed by atoms with Gasteiger partial charge in [-0.3, -0.25) is 10.1 Å². The maximum absolute atomic E-state index is 13.5. The van der Waals surface area contributed by atoms with Crippen LogP contribution in [-0.2, 0) is 9.53 Å². The number of carbonyl (C=O) groups excluding carboxylic acids is 1. The van der Waals surface area contributed by atoms with Gasteiger partial charge in [-0.2, -0.15) is 0 Å². The molecule has 0 aliphatic carbocycles. The molecule has 2 amide bonds. The molecule has 1 unspecified atom stereocenters. The Bertz CT molecular complexity index is 565. The molecule has 9 nitrogen and oxygen atoms in total. The Hall–Kier alpha value is -2.75. The zero-order valence-electron chi connectivity index (χ0n) is 10.8. The number of rotatable bonds is 6. The van der Waals surface area contributed by atoms with Gasteiger partial charge in [0, 0.05) is 13.2 Å². The Morgan fingerprint density at radius 2 is 2.19 bits per heavy atom. The molecule has 0 aliphatic heterocycles. The number of methoxy groups -OCH3 is 1. The van der Waals surface area contributed by atoms with E-state index < -0.39 is 34.5 Å². The smallest absolute Gasteiger partial charge is 0.328 e. The van der Waals surface area contributed by atoms with Crippen LogP contribution in [0, 0.1) is 15.9 Å². The number of nitro benzene ring substituents is 1. The summed E-state index contributed by atoms with van der Waals surface area (Å²) >= 11 is 0. The first-order chi connectivity index (χ1) is 9.85. The zero-order chi connectivity index (χ0) is 16.0. The van der Waals surface area contributed by atoms with Crippen LogP contribution in [0.2, 0.25) is 0 Å². The summed E-state index contributed by atoms with van der Waals surface area (Å²) in [4.78, 5) is 32.0. The SMILES string of the molecule is COCC(NC(=O)Nc1ccc([N+](=O)[O-])cc1F)C(=O)O. The van der Waals surface area contributed by atoms with Crippen molar-refractivity contribution in [3.8, 4) is 0 Å². The predicted molar refractivity (Wildman–Crippen MR) is 68.5 cm³/mol. The summed E-state index contributed by atoms with van der Waals surface area (Å²) in [6.07, 6.45) is 0. The third kappa shape index (κ3) is 4.69. The van der Waals surface area contributed by atoms with Crippen LogP contribution in [0.3, 0.4) is 0 Å². The molecule has 0 fully saturated rings. The van der Waals surface area contributed by atoms with Crippen molar-refractivity contribution in [1.82, 2.24) is 5.32 Å². The van der Waals surface area contributed by atoms with Crippen LogP contribution in [0.4, 0.5) is 20.6 Å². The van der Waals surface area contributed by atoms with Crippen LogP contribution in [0.15, 0.2) is 18.2 Å². The number of non-ortho nitro benzene ring substituents is 1. The van der Waals surface area contributed by atoms with Crippen molar-refractivity contribution in [2.75, 3.05) is 19.0 Å². The molecular weight excluding hydrogens is 289 g/mol. The van der Waals surface area contributed by atoms with Crippen molar-refractivity contribution in [3.63, 3.8) is 0 Å². The molecule has 1 aromatic carbocycles. The minimum Gasteiger partial charge on any atom is -0.480 e. The van der Waals surface area contributed by atoms with Crippen LogP contribution < -0.4 is 10.6 Å². The number of hydrogen-bond acceptors (Lipinski definition) is 5. The number of nitrogens with one attached hydrogen (secondary N) is 2. The Morgan fingerprint density at radius 3 is 2.67 bits per heavy atom. The largest absolute Gasteiger partial charge is 0.480 e. The molecule has 3 N–H and O–H groups in total. The molecule has 0 bridgehead atoms. The second kappa shape index (κ2) is 7.14. The van der Waals surface area contributed by atoms with E-state index in [0.717, 1.165) is 12.1 Å². The Labute approximate surface area is 117 Å². The van der Waals surface area contributed by atoms with Crippen LogP contribution in [-0.4, -0.2) is 41.8 Å². The topological polar surface area (TPSA) is 131 Å². The number of carboxylic acids is 1. The van der Waals surface area contributed by atoms with Gasteiger partial charge in [-0.1, -0.05) is 0 Å². The van der Waals surface area contributed by atoms with Gasteiger partial charge in [-0.05, 0) is 6.07 Å². The highest BCUT2D eigenvalue weighted by atomic mass is 19.1. The number of carbonyl (C=O) groups is 2. The van der Waals surface area contributed by atoms with Gasteiger partial charge in [0.25, 0.3) is 5.69 Å². The lowest BCUT2D eigenvalue weighted by atomic mass is 10.2. The van der Waals surface area contributed by atoms with Crippen LogP contribution >= 0.6 is 0 Å². The highest BCUT2D eigenvalue weighted by Crippen LogP contribution is 2.20. The summed E-state index contributed by atoms with van der Waals surface area (Å²) in [5.41, 5.74) is -0.791. The van der Waals surface area contributed by atoms with Gasteiger partial charge in [0.1, 0.15) is 0 Å². The molecule has 10 heteroatoms. The first kappa shape index (κ1) is 16.3. The standard InChI is InChI=1S/C11H12FN3O6/c1-21-5-9(10(16)17)14-11(18)13-8-3-2-6(15(19)20)4-7(8)12/h2-4,9H,5H2,1H3,(H,16,17)(H2,13,14,18). The molecule has 0 saturated heterocycles. The zero-order valence-corrected chi connectivity index (χ0v) is 10.8. The summed E-state index contributed by atoms with van der Waals surface area (Å²) in [6.45, 7) is -0.272. The van der Waals surface area contributed by atoms with Gasteiger partial charge < -0.3 is 20.5 Å². The quantitative estimate of drug-likeness (QED) is 0.529. The van der Waals surface area contributed by atoms with E-state index in [9.17, 15) is 24.1 Å². The molecule has 1 atom stereocenters. The fourth-order valence-electron chi connectivity index (χ4n) is 1.38. The predicted octanol–water partition coefficient (Wildman–Crippen LogP) is 0.955. The van der Waals surface area contributed by atoms with E-state index in [1.54, 1.807) is 0 Å². The molecule has 114 valence electrons. The molecule has 0 saturated carbocycles. The third-order valence-electron chi connectivity index (χ3n) is 2.35. The minimum absolute atomic E-state index is 0.272. The first-order valence-electron chi connectivity index (χ1n) is 5.58. The maximum Gasteiger partial charge on any atom is 0.328 e. The molecule has 0 spiro atoms. The van der Waals surface area contributed by atoms with E-state index in [-0.39, 0.29) is 12.3 Å². The summed E-state index contributed by atoms with van der Waals surface area (Å²) in [6, 6.07) is 0.351. The number of anilines is 1. The third-order valence-corrected chi connectivity index (χ3v) is 2.35. The van der Waals surface area contributed by atoms with Gasteiger partial charge in [0.05, 0.1) is 23.3 Å². The van der Waals surface area contributed by atoms with Crippen molar-refractivity contribution in [2.24, 2.45) is 0 Å². The number of carboxylic acid groups (broad SMARTS) is 1. The normalized spacial score (nSPS) is 11.5. The number of ether oxygens (including phenoxy) is 1. The van der Waals surface area contributed by atoms with E-state index in [1.165, 1.54) is 7.11 Å². The number of aliphatic carboxylic acids is 1. The second-order valence-corrected chi connectivity index (χ2v) is 3.87. The van der Waals surface area contributed by atoms with Crippen LogP contribution in [0.25, 0.3) is 0 Å². The van der Waals surface area contributed by atoms with E-state index in [4.69, 9.17) is 5.11 Å². The van der Waals surface area contributed by atoms with Crippen molar-refractivity contribution in [3.05, 3.63) is 34.1 Å². The van der Waals surface area contributed by atoms with E-state index in [0.29, 0.717) is 6.07 Å². The average molecular weight is 301 g/mol. The number of nitrogens with zero attached hydrogens (tertiary/aromatic N) is 1. The monoisotopic (exact) mass is 301 g/mol. The van der Waals surface area contributed by atoms with Crippen molar-refractivity contribution in [1.29, 1.82) is 0 Å². The van der Waals surface area contributed by atoms with E-state index >= 15 is 0 Å². The first-order valence-corrected chi connectivity index (χ1v) is 5.58. The molecule has 21 heavy (non-hydrogen) atoms. The molecule has 0 radical (unpaired) electrons. The second-order valence-electron chi connectivity index (χ2n) is 3.87. The molecule has 0 aromatic heterocycles. The number of halogens is 1. The Kier molecular flexibility index (Phi) is 5.55. The lowest BCUT2D eigenvalue weighted by Crippen LogP contribution is -2.45. The number of benzene rings is 1. The molecule has 1 rings (SSSR count). The Morgan fingerprint density at radius 1 is 1.52 bits per heavy atom.